The average molecular weight is 396 g/mol. The molecule has 3 nitrogen and oxygen atoms in total. The lowest BCUT2D eigenvalue weighted by atomic mass is 10.1. The smallest absolute Gasteiger partial charge is 0.124 e. The number of methoxy groups -OCH3 is 1. The highest BCUT2D eigenvalue weighted by atomic mass is 35.5. The maximum atomic E-state index is 6.20. The highest BCUT2D eigenvalue weighted by molar-refractivity contribution is 6.30. The van der Waals surface area contributed by atoms with E-state index in [2.05, 4.69) is 36.5 Å². The Morgan fingerprint density at radius 1 is 0.929 bits per heavy atom. The molecule has 0 heterocycles. The SMILES string of the molecule is COc1ccc(CCNCc2cc(Cl)ccc2OCc2ccccc2C)cc1. The van der Waals surface area contributed by atoms with E-state index >= 15 is 0 Å². The van der Waals surface area contributed by atoms with Crippen molar-refractivity contribution in [1.82, 2.24) is 5.32 Å². The largest absolute Gasteiger partial charge is 0.497 e. The van der Waals surface area contributed by atoms with E-state index in [-0.39, 0.29) is 0 Å². The van der Waals surface area contributed by atoms with Crippen LogP contribution in [-0.2, 0) is 19.6 Å². The molecule has 0 fully saturated rings. The van der Waals surface area contributed by atoms with Gasteiger partial charge in [0.15, 0.2) is 0 Å². The normalized spacial score (nSPS) is 10.7. The third kappa shape index (κ3) is 5.75. The molecule has 0 aliphatic heterocycles. The Hall–Kier alpha value is -2.49. The van der Waals surface area contributed by atoms with E-state index < -0.39 is 0 Å². The van der Waals surface area contributed by atoms with Gasteiger partial charge in [0.1, 0.15) is 18.1 Å². The molecule has 0 aromatic heterocycles. The number of hydrogen-bond donors (Lipinski definition) is 1. The first-order valence-corrected chi connectivity index (χ1v) is 9.83. The minimum Gasteiger partial charge on any atom is -0.497 e. The summed E-state index contributed by atoms with van der Waals surface area (Å²) in [7, 11) is 1.68. The minimum absolute atomic E-state index is 0.549. The lowest BCUT2D eigenvalue weighted by Crippen LogP contribution is -2.17. The van der Waals surface area contributed by atoms with Crippen LogP contribution in [0.2, 0.25) is 5.02 Å². The van der Waals surface area contributed by atoms with Gasteiger partial charge in [-0.15, -0.1) is 0 Å². The van der Waals surface area contributed by atoms with Crippen LogP contribution in [0, 0.1) is 6.92 Å². The summed E-state index contributed by atoms with van der Waals surface area (Å²) in [5.74, 6) is 1.75. The van der Waals surface area contributed by atoms with Crippen LogP contribution in [0.1, 0.15) is 22.3 Å². The molecule has 0 unspecified atom stereocenters. The average Bonchev–Trinajstić information content (AvgIpc) is 2.72. The number of hydrogen-bond acceptors (Lipinski definition) is 3. The molecule has 0 spiro atoms. The Labute approximate surface area is 172 Å². The van der Waals surface area contributed by atoms with Crippen LogP contribution in [0.25, 0.3) is 0 Å². The van der Waals surface area contributed by atoms with Gasteiger partial charge < -0.3 is 14.8 Å². The van der Waals surface area contributed by atoms with Gasteiger partial charge in [-0.1, -0.05) is 48.0 Å². The molecule has 0 saturated heterocycles. The number of halogens is 1. The number of ether oxygens (including phenoxy) is 2. The van der Waals surface area contributed by atoms with Crippen molar-refractivity contribution in [2.45, 2.75) is 26.5 Å². The van der Waals surface area contributed by atoms with Crippen LogP contribution in [0.3, 0.4) is 0 Å². The molecule has 1 N–H and O–H groups in total. The molecule has 3 rings (SSSR count). The lowest BCUT2D eigenvalue weighted by Gasteiger charge is -2.14. The molecule has 28 heavy (non-hydrogen) atoms. The molecule has 0 aliphatic rings. The zero-order valence-electron chi connectivity index (χ0n) is 16.4. The summed E-state index contributed by atoms with van der Waals surface area (Å²) >= 11 is 6.20. The number of benzene rings is 3. The summed E-state index contributed by atoms with van der Waals surface area (Å²) in [6, 6.07) is 22.2. The van der Waals surface area contributed by atoms with Gasteiger partial charge in [-0.3, -0.25) is 0 Å². The predicted octanol–water partition coefficient (Wildman–Crippen LogP) is 5.57. The molecule has 3 aromatic carbocycles. The van der Waals surface area contributed by atoms with E-state index in [1.807, 2.05) is 42.5 Å². The Bertz CT molecular complexity index is 893. The molecule has 0 saturated carbocycles. The quantitative estimate of drug-likeness (QED) is 0.480. The van der Waals surface area contributed by atoms with Gasteiger partial charge in [-0.2, -0.15) is 0 Å². The van der Waals surface area contributed by atoms with Gasteiger partial charge in [0, 0.05) is 17.1 Å². The van der Waals surface area contributed by atoms with Gasteiger partial charge in [0.2, 0.25) is 0 Å². The Morgan fingerprint density at radius 2 is 1.71 bits per heavy atom. The zero-order valence-corrected chi connectivity index (χ0v) is 17.1. The van der Waals surface area contributed by atoms with E-state index in [1.165, 1.54) is 16.7 Å². The zero-order chi connectivity index (χ0) is 19.8. The highest BCUT2D eigenvalue weighted by Crippen LogP contribution is 2.24. The first-order valence-electron chi connectivity index (χ1n) is 9.45. The van der Waals surface area contributed by atoms with Crippen LogP contribution in [0.4, 0.5) is 0 Å². The maximum absolute atomic E-state index is 6.20. The van der Waals surface area contributed by atoms with Crippen LogP contribution in [0.15, 0.2) is 66.7 Å². The van der Waals surface area contributed by atoms with Crippen molar-refractivity contribution in [3.05, 3.63) is 94.0 Å². The van der Waals surface area contributed by atoms with Crippen molar-refractivity contribution in [2.24, 2.45) is 0 Å². The molecule has 0 bridgehead atoms. The van der Waals surface area contributed by atoms with Gasteiger partial charge in [0.25, 0.3) is 0 Å². The predicted molar refractivity (Wildman–Crippen MR) is 115 cm³/mol. The number of rotatable bonds is 9. The summed E-state index contributed by atoms with van der Waals surface area (Å²) < 4.78 is 11.3. The second-order valence-electron chi connectivity index (χ2n) is 6.74. The van der Waals surface area contributed by atoms with Crippen molar-refractivity contribution in [2.75, 3.05) is 13.7 Å². The Balaban J connectivity index is 1.55. The van der Waals surface area contributed by atoms with Crippen LogP contribution in [-0.4, -0.2) is 13.7 Å². The second-order valence-corrected chi connectivity index (χ2v) is 7.18. The van der Waals surface area contributed by atoms with Gasteiger partial charge >= 0.3 is 0 Å². The first-order chi connectivity index (χ1) is 13.7. The molecule has 0 amide bonds. The van der Waals surface area contributed by atoms with Crippen LogP contribution >= 0.6 is 11.6 Å². The maximum Gasteiger partial charge on any atom is 0.124 e. The topological polar surface area (TPSA) is 30.5 Å². The standard InChI is InChI=1S/C24H26ClNO2/c1-18-5-3-4-6-20(18)17-28-24-12-9-22(25)15-21(24)16-26-14-13-19-7-10-23(27-2)11-8-19/h3-12,15,26H,13-14,16-17H2,1-2H3. The van der Waals surface area contributed by atoms with Gasteiger partial charge in [-0.05, 0) is 66.9 Å². The van der Waals surface area contributed by atoms with E-state index in [1.54, 1.807) is 7.11 Å². The van der Waals surface area contributed by atoms with Crippen molar-refractivity contribution in [3.8, 4) is 11.5 Å². The first kappa shape index (κ1) is 20.2. The fourth-order valence-corrected chi connectivity index (χ4v) is 3.20. The van der Waals surface area contributed by atoms with E-state index in [0.29, 0.717) is 13.2 Å². The van der Waals surface area contributed by atoms with Crippen molar-refractivity contribution in [3.63, 3.8) is 0 Å². The second kappa shape index (κ2) is 10.2. The van der Waals surface area contributed by atoms with Gasteiger partial charge in [0.05, 0.1) is 7.11 Å². The van der Waals surface area contributed by atoms with E-state index in [0.717, 1.165) is 35.1 Å². The fraction of sp³-hybridized carbons (Fsp3) is 0.250. The van der Waals surface area contributed by atoms with E-state index in [4.69, 9.17) is 21.1 Å². The molecular weight excluding hydrogens is 370 g/mol. The third-order valence-electron chi connectivity index (χ3n) is 4.73. The summed E-state index contributed by atoms with van der Waals surface area (Å²) in [5.41, 5.74) is 4.76. The summed E-state index contributed by atoms with van der Waals surface area (Å²) in [5, 5.41) is 4.20. The van der Waals surface area contributed by atoms with Crippen molar-refractivity contribution in [1.29, 1.82) is 0 Å². The summed E-state index contributed by atoms with van der Waals surface area (Å²) in [6.45, 7) is 4.23. The highest BCUT2D eigenvalue weighted by Gasteiger charge is 2.06. The summed E-state index contributed by atoms with van der Waals surface area (Å²) in [4.78, 5) is 0. The lowest BCUT2D eigenvalue weighted by molar-refractivity contribution is 0.301. The van der Waals surface area contributed by atoms with E-state index in [9.17, 15) is 0 Å². The monoisotopic (exact) mass is 395 g/mol. The molecule has 0 atom stereocenters. The molecule has 4 heteroatoms. The van der Waals surface area contributed by atoms with Crippen molar-refractivity contribution >= 4 is 11.6 Å². The number of nitrogens with one attached hydrogen (secondary N) is 1. The fourth-order valence-electron chi connectivity index (χ4n) is 3.00. The molecule has 3 aromatic rings. The number of aryl methyl sites for hydroxylation is 1. The third-order valence-corrected chi connectivity index (χ3v) is 4.97. The minimum atomic E-state index is 0.549. The Morgan fingerprint density at radius 3 is 2.46 bits per heavy atom. The summed E-state index contributed by atoms with van der Waals surface area (Å²) in [6.07, 6.45) is 0.948. The van der Waals surface area contributed by atoms with Crippen LogP contribution in [0.5, 0.6) is 11.5 Å². The molecule has 0 radical (unpaired) electrons. The molecule has 146 valence electrons. The van der Waals surface area contributed by atoms with Gasteiger partial charge in [-0.25, -0.2) is 0 Å². The molecular formula is C24H26ClNO2. The van der Waals surface area contributed by atoms with Crippen LogP contribution < -0.4 is 14.8 Å². The molecule has 0 aliphatic carbocycles. The Kier molecular flexibility index (Phi) is 7.35. The van der Waals surface area contributed by atoms with Crippen molar-refractivity contribution < 1.29 is 9.47 Å².